The Morgan fingerprint density at radius 2 is 2.12 bits per heavy atom. The molecule has 0 spiro atoms. The first-order valence-corrected chi connectivity index (χ1v) is 8.30. The van der Waals surface area contributed by atoms with Gasteiger partial charge < -0.3 is 20.8 Å². The highest BCUT2D eigenvalue weighted by Crippen LogP contribution is 2.43. The number of methoxy groups -OCH3 is 1. The normalized spacial score (nSPS) is 20.1. The molecule has 2 aromatic heterocycles. The number of aromatic nitrogens is 2. The van der Waals surface area contributed by atoms with Crippen LogP contribution in [0.15, 0.2) is 42.7 Å². The number of nitrogens with zero attached hydrogens (tertiary/aromatic N) is 2. The Morgan fingerprint density at radius 1 is 1.29 bits per heavy atom. The quantitative estimate of drug-likeness (QED) is 0.773. The molecule has 5 heteroatoms. The molecule has 0 bridgehead atoms. The molecule has 1 saturated carbocycles. The summed E-state index contributed by atoms with van der Waals surface area (Å²) in [5.74, 6) is 2.04. The van der Waals surface area contributed by atoms with E-state index in [0.717, 1.165) is 47.2 Å². The number of pyridine rings is 1. The molecular formula is C19H22N4O. The van der Waals surface area contributed by atoms with Gasteiger partial charge in [-0.1, -0.05) is 12.1 Å². The second-order valence-corrected chi connectivity index (χ2v) is 6.50. The SMILES string of the molecule is COc1cccc(-c2cn(C3CC(CN)C3)c3ccnc(N)c23)c1. The average molecular weight is 322 g/mol. The minimum absolute atomic E-state index is 0.488. The van der Waals surface area contributed by atoms with E-state index in [9.17, 15) is 0 Å². The second-order valence-electron chi connectivity index (χ2n) is 6.50. The third-order valence-corrected chi connectivity index (χ3v) is 5.09. The Bertz CT molecular complexity index is 880. The van der Waals surface area contributed by atoms with Crippen molar-refractivity contribution in [2.75, 3.05) is 19.4 Å². The molecule has 3 aromatic rings. The summed E-state index contributed by atoms with van der Waals surface area (Å²) in [6, 6.07) is 10.6. The molecule has 1 aliphatic carbocycles. The van der Waals surface area contributed by atoms with Crippen LogP contribution in [0.25, 0.3) is 22.0 Å². The predicted molar refractivity (Wildman–Crippen MR) is 96.9 cm³/mol. The highest BCUT2D eigenvalue weighted by atomic mass is 16.5. The number of hydrogen-bond donors (Lipinski definition) is 2. The predicted octanol–water partition coefficient (Wildman–Crippen LogP) is 3.20. The second kappa shape index (κ2) is 5.83. The maximum absolute atomic E-state index is 6.22. The molecule has 24 heavy (non-hydrogen) atoms. The van der Waals surface area contributed by atoms with Crippen LogP contribution in [0, 0.1) is 5.92 Å². The van der Waals surface area contributed by atoms with Crippen molar-refractivity contribution in [3.63, 3.8) is 0 Å². The molecule has 0 atom stereocenters. The Kier molecular flexibility index (Phi) is 3.65. The zero-order valence-electron chi connectivity index (χ0n) is 13.8. The van der Waals surface area contributed by atoms with Gasteiger partial charge in [0.05, 0.1) is 12.6 Å². The number of rotatable bonds is 4. The minimum Gasteiger partial charge on any atom is -0.497 e. The highest BCUT2D eigenvalue weighted by molar-refractivity contribution is 6.02. The van der Waals surface area contributed by atoms with E-state index in [2.05, 4.69) is 21.8 Å². The molecule has 5 nitrogen and oxygen atoms in total. The third-order valence-electron chi connectivity index (χ3n) is 5.09. The Labute approximate surface area is 141 Å². The lowest BCUT2D eigenvalue weighted by molar-refractivity contribution is 0.209. The standard InChI is InChI=1S/C19H22N4O/c1-24-15-4-2-3-13(9-15)16-11-23(14-7-12(8-14)10-20)17-5-6-22-19(21)18(16)17/h2-6,9,11-12,14H,7-8,10,20H2,1H3,(H2,21,22). The first-order chi connectivity index (χ1) is 11.7. The lowest BCUT2D eigenvalue weighted by Crippen LogP contribution is -2.31. The van der Waals surface area contributed by atoms with Crippen molar-refractivity contribution in [1.29, 1.82) is 0 Å². The van der Waals surface area contributed by atoms with Crippen LogP contribution in [0.3, 0.4) is 0 Å². The van der Waals surface area contributed by atoms with E-state index in [0.29, 0.717) is 17.8 Å². The first-order valence-electron chi connectivity index (χ1n) is 8.30. The van der Waals surface area contributed by atoms with Crippen LogP contribution in [0.5, 0.6) is 5.75 Å². The van der Waals surface area contributed by atoms with E-state index in [1.54, 1.807) is 13.3 Å². The van der Waals surface area contributed by atoms with Crippen LogP contribution in [0.4, 0.5) is 5.82 Å². The van der Waals surface area contributed by atoms with Crippen molar-refractivity contribution in [3.05, 3.63) is 42.7 Å². The minimum atomic E-state index is 0.488. The van der Waals surface area contributed by atoms with Gasteiger partial charge in [-0.3, -0.25) is 0 Å². The van der Waals surface area contributed by atoms with Gasteiger partial charge in [0, 0.05) is 29.4 Å². The summed E-state index contributed by atoms with van der Waals surface area (Å²) < 4.78 is 7.71. The molecule has 0 amide bonds. The summed E-state index contributed by atoms with van der Waals surface area (Å²) >= 11 is 0. The van der Waals surface area contributed by atoms with Gasteiger partial charge in [0.25, 0.3) is 0 Å². The third kappa shape index (κ3) is 2.32. The van der Waals surface area contributed by atoms with E-state index in [4.69, 9.17) is 16.2 Å². The van der Waals surface area contributed by atoms with Gasteiger partial charge >= 0.3 is 0 Å². The van der Waals surface area contributed by atoms with Gasteiger partial charge in [-0.2, -0.15) is 0 Å². The van der Waals surface area contributed by atoms with E-state index >= 15 is 0 Å². The Balaban J connectivity index is 1.86. The molecule has 0 radical (unpaired) electrons. The highest BCUT2D eigenvalue weighted by Gasteiger charge is 2.31. The van der Waals surface area contributed by atoms with E-state index in [-0.39, 0.29) is 0 Å². The number of hydrogen-bond acceptors (Lipinski definition) is 4. The summed E-state index contributed by atoms with van der Waals surface area (Å²) in [5, 5.41) is 1.02. The molecule has 1 fully saturated rings. The van der Waals surface area contributed by atoms with Crippen LogP contribution in [-0.4, -0.2) is 23.2 Å². The van der Waals surface area contributed by atoms with Crippen LogP contribution in [0.1, 0.15) is 18.9 Å². The summed E-state index contributed by atoms with van der Waals surface area (Å²) in [6.45, 7) is 0.766. The zero-order valence-corrected chi connectivity index (χ0v) is 13.8. The fraction of sp³-hybridized carbons (Fsp3) is 0.316. The summed E-state index contributed by atoms with van der Waals surface area (Å²) in [5.41, 5.74) is 15.3. The largest absolute Gasteiger partial charge is 0.497 e. The lowest BCUT2D eigenvalue weighted by atomic mass is 9.80. The summed E-state index contributed by atoms with van der Waals surface area (Å²) in [4.78, 5) is 4.30. The van der Waals surface area contributed by atoms with Crippen LogP contribution < -0.4 is 16.2 Å². The maximum Gasteiger partial charge on any atom is 0.133 e. The molecule has 124 valence electrons. The van der Waals surface area contributed by atoms with Gasteiger partial charge in [0.2, 0.25) is 0 Å². The molecule has 0 aliphatic heterocycles. The van der Waals surface area contributed by atoms with E-state index in [1.807, 2.05) is 24.3 Å². The van der Waals surface area contributed by atoms with Crippen molar-refractivity contribution < 1.29 is 4.74 Å². The van der Waals surface area contributed by atoms with Crippen molar-refractivity contribution in [2.45, 2.75) is 18.9 Å². The van der Waals surface area contributed by atoms with Crippen molar-refractivity contribution in [2.24, 2.45) is 11.7 Å². The van der Waals surface area contributed by atoms with Gasteiger partial charge in [0.1, 0.15) is 11.6 Å². The molecule has 4 N–H and O–H groups in total. The van der Waals surface area contributed by atoms with Crippen LogP contribution in [0.2, 0.25) is 0 Å². The number of anilines is 1. The van der Waals surface area contributed by atoms with Gasteiger partial charge in [-0.15, -0.1) is 0 Å². The number of fused-ring (bicyclic) bond motifs is 1. The van der Waals surface area contributed by atoms with Crippen molar-refractivity contribution in [3.8, 4) is 16.9 Å². The van der Waals surface area contributed by atoms with Gasteiger partial charge in [-0.05, 0) is 49.1 Å². The van der Waals surface area contributed by atoms with Crippen molar-refractivity contribution >= 4 is 16.7 Å². The van der Waals surface area contributed by atoms with Gasteiger partial charge in [-0.25, -0.2) is 4.98 Å². The topological polar surface area (TPSA) is 79.1 Å². The molecular weight excluding hydrogens is 300 g/mol. The first kappa shape index (κ1) is 15.0. The van der Waals surface area contributed by atoms with Crippen LogP contribution in [-0.2, 0) is 0 Å². The van der Waals surface area contributed by atoms with E-state index in [1.165, 1.54) is 0 Å². The Morgan fingerprint density at radius 3 is 2.88 bits per heavy atom. The fourth-order valence-corrected chi connectivity index (χ4v) is 3.66. The smallest absolute Gasteiger partial charge is 0.133 e. The summed E-state index contributed by atoms with van der Waals surface area (Å²) in [7, 11) is 1.68. The summed E-state index contributed by atoms with van der Waals surface area (Å²) in [6.07, 6.45) is 6.23. The molecule has 4 rings (SSSR count). The molecule has 0 saturated heterocycles. The molecule has 0 unspecified atom stereocenters. The van der Waals surface area contributed by atoms with Gasteiger partial charge in [0.15, 0.2) is 0 Å². The van der Waals surface area contributed by atoms with Crippen molar-refractivity contribution in [1.82, 2.24) is 9.55 Å². The number of benzene rings is 1. The molecule has 1 aliphatic rings. The molecule has 1 aromatic carbocycles. The molecule has 2 heterocycles. The monoisotopic (exact) mass is 322 g/mol. The van der Waals surface area contributed by atoms with E-state index < -0.39 is 0 Å². The van der Waals surface area contributed by atoms with Crippen LogP contribution >= 0.6 is 0 Å². The number of ether oxygens (including phenoxy) is 1. The number of nitrogen functional groups attached to an aromatic ring is 1. The fourth-order valence-electron chi connectivity index (χ4n) is 3.66. The Hall–Kier alpha value is -2.53. The number of nitrogens with two attached hydrogens (primary N) is 2. The average Bonchev–Trinajstić information content (AvgIpc) is 2.95. The lowest BCUT2D eigenvalue weighted by Gasteiger charge is -2.36. The maximum atomic E-state index is 6.22. The zero-order chi connectivity index (χ0) is 16.7.